The zero-order chi connectivity index (χ0) is 20.4. The predicted molar refractivity (Wildman–Crippen MR) is 110 cm³/mol. The number of anilines is 1. The number of aromatic hydroxyl groups is 1. The third-order valence-electron chi connectivity index (χ3n) is 4.46. The minimum atomic E-state index is -1.03. The molecule has 0 aliphatic carbocycles. The predicted octanol–water partition coefficient (Wildman–Crippen LogP) is 3.92. The monoisotopic (exact) mass is 384 g/mol. The molecular formula is C23H16N2O4. The second-order valence-electron chi connectivity index (χ2n) is 6.42. The first-order valence-corrected chi connectivity index (χ1v) is 8.85. The third-order valence-corrected chi connectivity index (χ3v) is 4.46. The van der Waals surface area contributed by atoms with Crippen molar-refractivity contribution in [3.05, 3.63) is 101 Å². The first-order chi connectivity index (χ1) is 14.0. The van der Waals surface area contributed by atoms with Gasteiger partial charge in [0.1, 0.15) is 17.3 Å². The molecule has 0 fully saturated rings. The highest BCUT2D eigenvalue weighted by atomic mass is 16.4. The molecule has 0 saturated heterocycles. The Hall–Kier alpha value is -4.19. The van der Waals surface area contributed by atoms with Crippen molar-refractivity contribution in [2.75, 3.05) is 4.90 Å². The summed E-state index contributed by atoms with van der Waals surface area (Å²) in [6.45, 7) is 0. The van der Waals surface area contributed by atoms with Gasteiger partial charge in [0.15, 0.2) is 0 Å². The van der Waals surface area contributed by atoms with E-state index in [1.807, 2.05) is 30.3 Å². The van der Waals surface area contributed by atoms with Crippen LogP contribution in [0.25, 0.3) is 6.08 Å². The van der Waals surface area contributed by atoms with Crippen molar-refractivity contribution < 1.29 is 19.8 Å². The topological polar surface area (TPSA) is 90.2 Å². The number of carboxylic acid groups (broad SMARTS) is 1. The number of aromatic carboxylic acids is 1. The van der Waals surface area contributed by atoms with Crippen LogP contribution in [0.5, 0.6) is 5.75 Å². The van der Waals surface area contributed by atoms with Gasteiger partial charge in [-0.3, -0.25) is 9.69 Å². The van der Waals surface area contributed by atoms with Crippen molar-refractivity contribution in [2.24, 2.45) is 4.99 Å². The standard InChI is InChI=1S/C23H16N2O4/c26-19-12-6-15(7-13-19)14-20-22(27)25(18-10-8-17(9-11-18)23(28)29)21(24-20)16-4-2-1-3-5-16/h1-14,26H,(H,28,29)/b20-14+. The molecule has 2 N–H and O–H groups in total. The van der Waals surface area contributed by atoms with E-state index in [9.17, 15) is 14.7 Å². The lowest BCUT2D eigenvalue weighted by Crippen LogP contribution is -2.32. The molecule has 3 aromatic rings. The highest BCUT2D eigenvalue weighted by Gasteiger charge is 2.32. The number of carbonyl (C=O) groups excluding carboxylic acids is 1. The maximum atomic E-state index is 13.2. The molecule has 1 aliphatic heterocycles. The number of amidine groups is 1. The number of rotatable bonds is 4. The number of carbonyl (C=O) groups is 2. The zero-order valence-corrected chi connectivity index (χ0v) is 15.2. The zero-order valence-electron chi connectivity index (χ0n) is 15.2. The fraction of sp³-hybridized carbons (Fsp3) is 0. The molecule has 1 heterocycles. The van der Waals surface area contributed by atoms with E-state index in [1.165, 1.54) is 29.2 Å². The summed E-state index contributed by atoms with van der Waals surface area (Å²) in [7, 11) is 0. The van der Waals surface area contributed by atoms with Crippen LogP contribution in [0.15, 0.2) is 89.6 Å². The van der Waals surface area contributed by atoms with Crippen molar-refractivity contribution in [3.8, 4) is 5.75 Å². The Balaban J connectivity index is 1.79. The van der Waals surface area contributed by atoms with Gasteiger partial charge < -0.3 is 10.2 Å². The second kappa shape index (κ2) is 7.44. The first-order valence-electron chi connectivity index (χ1n) is 8.85. The number of benzene rings is 3. The van der Waals surface area contributed by atoms with Crippen molar-refractivity contribution >= 4 is 29.5 Å². The Labute approximate surface area is 166 Å². The first kappa shape index (κ1) is 18.2. The summed E-state index contributed by atoms with van der Waals surface area (Å²) in [6, 6.07) is 21.8. The molecule has 6 nitrogen and oxygen atoms in total. The van der Waals surface area contributed by atoms with Gasteiger partial charge >= 0.3 is 5.97 Å². The van der Waals surface area contributed by atoms with E-state index in [4.69, 9.17) is 5.11 Å². The molecule has 0 unspecified atom stereocenters. The Bertz CT molecular complexity index is 1130. The fourth-order valence-corrected chi connectivity index (χ4v) is 3.02. The Morgan fingerprint density at radius 1 is 0.897 bits per heavy atom. The molecule has 4 rings (SSSR count). The third kappa shape index (κ3) is 3.64. The van der Waals surface area contributed by atoms with E-state index in [1.54, 1.807) is 30.3 Å². The number of amides is 1. The highest BCUT2D eigenvalue weighted by molar-refractivity contribution is 6.33. The minimum Gasteiger partial charge on any atom is -0.508 e. The van der Waals surface area contributed by atoms with Gasteiger partial charge in [0, 0.05) is 5.56 Å². The van der Waals surface area contributed by atoms with E-state index < -0.39 is 5.97 Å². The smallest absolute Gasteiger partial charge is 0.335 e. The lowest BCUT2D eigenvalue weighted by Gasteiger charge is -2.18. The molecule has 1 amide bonds. The molecule has 0 saturated carbocycles. The van der Waals surface area contributed by atoms with Gasteiger partial charge in [-0.25, -0.2) is 9.79 Å². The van der Waals surface area contributed by atoms with Gasteiger partial charge in [0.25, 0.3) is 5.91 Å². The summed E-state index contributed by atoms with van der Waals surface area (Å²) >= 11 is 0. The highest BCUT2D eigenvalue weighted by Crippen LogP contribution is 2.28. The van der Waals surface area contributed by atoms with E-state index in [0.29, 0.717) is 11.5 Å². The molecule has 29 heavy (non-hydrogen) atoms. The second-order valence-corrected chi connectivity index (χ2v) is 6.42. The molecule has 142 valence electrons. The van der Waals surface area contributed by atoms with E-state index in [2.05, 4.69) is 4.99 Å². The van der Waals surface area contributed by atoms with Gasteiger partial charge in [0.05, 0.1) is 11.3 Å². The van der Waals surface area contributed by atoms with Gasteiger partial charge in [-0.2, -0.15) is 0 Å². The molecule has 0 bridgehead atoms. The lowest BCUT2D eigenvalue weighted by atomic mass is 10.1. The Morgan fingerprint density at radius 2 is 1.55 bits per heavy atom. The summed E-state index contributed by atoms with van der Waals surface area (Å²) in [5, 5.41) is 18.6. The van der Waals surface area contributed by atoms with Crippen LogP contribution in [0.1, 0.15) is 21.5 Å². The molecule has 0 radical (unpaired) electrons. The number of aliphatic imine (C=N–C) groups is 1. The van der Waals surface area contributed by atoms with Crippen molar-refractivity contribution in [1.82, 2.24) is 0 Å². The maximum Gasteiger partial charge on any atom is 0.335 e. The molecule has 6 heteroatoms. The van der Waals surface area contributed by atoms with Crippen LogP contribution >= 0.6 is 0 Å². The number of phenols is 1. The van der Waals surface area contributed by atoms with Crippen LogP contribution in [-0.4, -0.2) is 27.9 Å². The molecule has 0 atom stereocenters. The number of hydrogen-bond acceptors (Lipinski definition) is 4. The average Bonchev–Trinajstić information content (AvgIpc) is 3.06. The number of nitrogens with zero attached hydrogens (tertiary/aromatic N) is 2. The lowest BCUT2D eigenvalue weighted by molar-refractivity contribution is -0.113. The van der Waals surface area contributed by atoms with Crippen molar-refractivity contribution in [1.29, 1.82) is 0 Å². The summed E-state index contributed by atoms with van der Waals surface area (Å²) in [5.41, 5.74) is 2.40. The molecule has 0 spiro atoms. The molecule has 1 aliphatic rings. The van der Waals surface area contributed by atoms with Gasteiger partial charge in [-0.15, -0.1) is 0 Å². The van der Waals surface area contributed by atoms with E-state index in [-0.39, 0.29) is 22.9 Å². The van der Waals surface area contributed by atoms with Crippen LogP contribution in [-0.2, 0) is 4.79 Å². The number of hydrogen-bond donors (Lipinski definition) is 2. The Kier molecular flexibility index (Phi) is 4.66. The van der Waals surface area contributed by atoms with Crippen LogP contribution in [0.2, 0.25) is 0 Å². The van der Waals surface area contributed by atoms with Crippen LogP contribution in [0.4, 0.5) is 5.69 Å². The number of phenolic OH excluding ortho intramolecular Hbond substituents is 1. The van der Waals surface area contributed by atoms with E-state index >= 15 is 0 Å². The van der Waals surface area contributed by atoms with Crippen molar-refractivity contribution in [3.63, 3.8) is 0 Å². The van der Waals surface area contributed by atoms with Gasteiger partial charge in [-0.05, 0) is 48.0 Å². The summed E-state index contributed by atoms with van der Waals surface area (Å²) in [4.78, 5) is 30.3. The van der Waals surface area contributed by atoms with Gasteiger partial charge in [0.2, 0.25) is 0 Å². The molecule has 0 aromatic heterocycles. The van der Waals surface area contributed by atoms with Crippen LogP contribution in [0.3, 0.4) is 0 Å². The summed E-state index contributed by atoms with van der Waals surface area (Å²) in [6.07, 6.45) is 1.65. The quantitative estimate of drug-likeness (QED) is 0.667. The largest absolute Gasteiger partial charge is 0.508 e. The maximum absolute atomic E-state index is 13.2. The fourth-order valence-electron chi connectivity index (χ4n) is 3.02. The van der Waals surface area contributed by atoms with E-state index in [0.717, 1.165) is 11.1 Å². The summed E-state index contributed by atoms with van der Waals surface area (Å²) < 4.78 is 0. The van der Waals surface area contributed by atoms with Gasteiger partial charge in [-0.1, -0.05) is 42.5 Å². The molecule has 3 aromatic carbocycles. The SMILES string of the molecule is O=C(O)c1ccc(N2C(=O)/C(=C\c3ccc(O)cc3)N=C2c2ccccc2)cc1. The normalized spacial score (nSPS) is 14.9. The van der Waals surface area contributed by atoms with Crippen LogP contribution in [0, 0.1) is 0 Å². The number of carboxylic acids is 1. The van der Waals surface area contributed by atoms with Crippen molar-refractivity contribution in [2.45, 2.75) is 0 Å². The van der Waals surface area contributed by atoms with Crippen LogP contribution < -0.4 is 4.90 Å². The molecular weight excluding hydrogens is 368 g/mol. The average molecular weight is 384 g/mol. The minimum absolute atomic E-state index is 0.137. The Morgan fingerprint density at radius 3 is 2.17 bits per heavy atom. The summed E-state index contributed by atoms with van der Waals surface area (Å²) in [5.74, 6) is -0.753.